The molecule has 1 aromatic rings. The summed E-state index contributed by atoms with van der Waals surface area (Å²) in [6.07, 6.45) is 0.515. The van der Waals surface area contributed by atoms with Crippen LogP contribution in [0.25, 0.3) is 0 Å². The largest absolute Gasteiger partial charge is 0.491 e. The van der Waals surface area contributed by atoms with Crippen LogP contribution >= 0.6 is 15.9 Å². The number of nitrogens with one attached hydrogen (secondary N) is 1. The molecule has 1 atom stereocenters. The number of hydrogen-bond acceptors (Lipinski definition) is 3. The molecule has 0 amide bonds. The van der Waals surface area contributed by atoms with Crippen molar-refractivity contribution in [2.75, 3.05) is 13.2 Å². The van der Waals surface area contributed by atoms with Crippen molar-refractivity contribution in [2.45, 2.75) is 38.8 Å². The zero-order valence-corrected chi connectivity index (χ0v) is 12.8. The highest BCUT2D eigenvalue weighted by Crippen LogP contribution is 2.17. The van der Waals surface area contributed by atoms with E-state index in [1.54, 1.807) is 0 Å². The van der Waals surface area contributed by atoms with Gasteiger partial charge in [-0.1, -0.05) is 28.9 Å². The first kappa shape index (κ1) is 15.5. The number of aliphatic hydroxyl groups excluding tert-OH is 1. The smallest absolute Gasteiger partial charge is 0.120 e. The second-order valence-corrected chi connectivity index (χ2v) is 5.96. The molecular weight excluding hydrogens is 294 g/mol. The number of halogens is 1. The summed E-state index contributed by atoms with van der Waals surface area (Å²) < 4.78 is 6.50. The molecule has 0 aliphatic carbocycles. The Labute approximate surface area is 118 Å². The van der Waals surface area contributed by atoms with E-state index in [2.05, 4.69) is 42.0 Å². The molecule has 18 heavy (non-hydrogen) atoms. The van der Waals surface area contributed by atoms with Gasteiger partial charge in [0, 0.05) is 16.6 Å². The first-order valence-electron chi connectivity index (χ1n) is 6.24. The highest BCUT2D eigenvalue weighted by Gasteiger charge is 2.16. The van der Waals surface area contributed by atoms with E-state index in [0.29, 0.717) is 13.2 Å². The lowest BCUT2D eigenvalue weighted by molar-refractivity contribution is 0.0985. The molecule has 1 aromatic carbocycles. The van der Waals surface area contributed by atoms with Crippen molar-refractivity contribution in [2.24, 2.45) is 0 Å². The van der Waals surface area contributed by atoms with Gasteiger partial charge in [0.05, 0.1) is 0 Å². The van der Waals surface area contributed by atoms with Crippen molar-refractivity contribution in [3.8, 4) is 5.75 Å². The minimum Gasteiger partial charge on any atom is -0.491 e. The molecule has 0 fully saturated rings. The Morgan fingerprint density at radius 3 is 2.78 bits per heavy atom. The van der Waals surface area contributed by atoms with E-state index < -0.39 is 6.10 Å². The summed E-state index contributed by atoms with van der Waals surface area (Å²) in [5.74, 6) is 0.762. The predicted molar refractivity (Wildman–Crippen MR) is 78.0 cm³/mol. The highest BCUT2D eigenvalue weighted by molar-refractivity contribution is 9.10. The van der Waals surface area contributed by atoms with Crippen molar-refractivity contribution >= 4 is 15.9 Å². The Balaban J connectivity index is 2.31. The van der Waals surface area contributed by atoms with Crippen LogP contribution in [0.15, 0.2) is 28.7 Å². The van der Waals surface area contributed by atoms with Crippen LogP contribution in [-0.2, 0) is 0 Å². The minimum absolute atomic E-state index is 0.0523. The Morgan fingerprint density at radius 1 is 1.44 bits per heavy atom. The van der Waals surface area contributed by atoms with Crippen LogP contribution in [0.5, 0.6) is 5.75 Å². The molecule has 0 bridgehead atoms. The number of aliphatic hydroxyl groups is 1. The topological polar surface area (TPSA) is 41.5 Å². The van der Waals surface area contributed by atoms with E-state index in [9.17, 15) is 5.11 Å². The van der Waals surface area contributed by atoms with Gasteiger partial charge < -0.3 is 15.2 Å². The Bertz CT molecular complexity index is 369. The Kier molecular flexibility index (Phi) is 6.12. The van der Waals surface area contributed by atoms with Gasteiger partial charge in [-0.25, -0.2) is 0 Å². The number of hydrogen-bond donors (Lipinski definition) is 2. The maximum atomic E-state index is 9.84. The second-order valence-electron chi connectivity index (χ2n) is 5.04. The van der Waals surface area contributed by atoms with E-state index in [4.69, 9.17) is 4.74 Å². The van der Waals surface area contributed by atoms with Gasteiger partial charge in [0.25, 0.3) is 0 Å². The van der Waals surface area contributed by atoms with E-state index in [0.717, 1.165) is 16.6 Å². The van der Waals surface area contributed by atoms with Gasteiger partial charge >= 0.3 is 0 Å². The van der Waals surface area contributed by atoms with Gasteiger partial charge in [0.2, 0.25) is 0 Å². The number of rotatable bonds is 7. The van der Waals surface area contributed by atoms with Gasteiger partial charge in [-0.2, -0.15) is 0 Å². The molecule has 0 spiro atoms. The van der Waals surface area contributed by atoms with E-state index >= 15 is 0 Å². The second kappa shape index (κ2) is 7.12. The van der Waals surface area contributed by atoms with E-state index in [1.807, 2.05) is 24.3 Å². The summed E-state index contributed by atoms with van der Waals surface area (Å²) in [6.45, 7) is 7.19. The summed E-state index contributed by atoms with van der Waals surface area (Å²) in [4.78, 5) is 0. The van der Waals surface area contributed by atoms with Crippen LogP contribution in [0.2, 0.25) is 0 Å². The lowest BCUT2D eigenvalue weighted by Gasteiger charge is -2.26. The summed E-state index contributed by atoms with van der Waals surface area (Å²) >= 11 is 3.38. The quantitative estimate of drug-likeness (QED) is 0.813. The summed E-state index contributed by atoms with van der Waals surface area (Å²) in [7, 11) is 0. The third-order valence-electron chi connectivity index (χ3n) is 2.94. The first-order chi connectivity index (χ1) is 8.43. The molecule has 3 nitrogen and oxygen atoms in total. The molecule has 0 aromatic heterocycles. The van der Waals surface area contributed by atoms with Crippen molar-refractivity contribution in [1.29, 1.82) is 0 Å². The maximum Gasteiger partial charge on any atom is 0.120 e. The minimum atomic E-state index is -0.505. The van der Waals surface area contributed by atoms with Crippen LogP contribution in [0, 0.1) is 0 Å². The standard InChI is InChI=1S/C14H22BrNO2/c1-4-14(2,3)16-9-12(17)10-18-13-7-5-6-11(15)8-13/h5-8,12,16-17H,4,9-10H2,1-3H3. The molecule has 0 saturated carbocycles. The molecular formula is C14H22BrNO2. The average Bonchev–Trinajstić information content (AvgIpc) is 2.34. The molecule has 0 aliphatic rings. The van der Waals surface area contributed by atoms with Gasteiger partial charge in [-0.3, -0.25) is 0 Å². The molecule has 0 radical (unpaired) electrons. The molecule has 0 aliphatic heterocycles. The van der Waals surface area contributed by atoms with E-state index in [1.165, 1.54) is 0 Å². The van der Waals surface area contributed by atoms with Crippen LogP contribution < -0.4 is 10.1 Å². The first-order valence-corrected chi connectivity index (χ1v) is 7.04. The molecule has 4 heteroatoms. The fourth-order valence-electron chi connectivity index (χ4n) is 1.33. The summed E-state index contributed by atoms with van der Waals surface area (Å²) in [5, 5.41) is 13.2. The van der Waals surface area contributed by atoms with Crippen molar-refractivity contribution in [1.82, 2.24) is 5.32 Å². The lowest BCUT2D eigenvalue weighted by atomic mass is 10.0. The highest BCUT2D eigenvalue weighted by atomic mass is 79.9. The van der Waals surface area contributed by atoms with Crippen molar-refractivity contribution in [3.63, 3.8) is 0 Å². The summed E-state index contributed by atoms with van der Waals surface area (Å²) in [5.41, 5.74) is 0.0523. The summed E-state index contributed by atoms with van der Waals surface area (Å²) in [6, 6.07) is 7.61. The fraction of sp³-hybridized carbons (Fsp3) is 0.571. The zero-order chi connectivity index (χ0) is 13.6. The van der Waals surface area contributed by atoms with E-state index in [-0.39, 0.29) is 5.54 Å². The number of β-amino-alcohol motifs (C(OH)–C–C–N with tert-alkyl or cyclic N) is 1. The lowest BCUT2D eigenvalue weighted by Crippen LogP contribution is -2.44. The zero-order valence-electron chi connectivity index (χ0n) is 11.2. The van der Waals surface area contributed by atoms with Crippen LogP contribution in [0.1, 0.15) is 27.2 Å². The van der Waals surface area contributed by atoms with Gasteiger partial charge in [-0.05, 0) is 38.5 Å². The maximum absolute atomic E-state index is 9.84. The SMILES string of the molecule is CCC(C)(C)NCC(O)COc1cccc(Br)c1. The average molecular weight is 316 g/mol. The Hall–Kier alpha value is -0.580. The third kappa shape index (κ3) is 5.85. The Morgan fingerprint density at radius 2 is 2.17 bits per heavy atom. The number of benzene rings is 1. The van der Waals surface area contributed by atoms with Crippen molar-refractivity contribution in [3.05, 3.63) is 28.7 Å². The predicted octanol–water partition coefficient (Wildman–Crippen LogP) is 2.97. The monoisotopic (exact) mass is 315 g/mol. The van der Waals surface area contributed by atoms with Crippen LogP contribution in [0.3, 0.4) is 0 Å². The third-order valence-corrected chi connectivity index (χ3v) is 3.43. The van der Waals surface area contributed by atoms with Crippen LogP contribution in [-0.4, -0.2) is 29.9 Å². The molecule has 0 saturated heterocycles. The molecule has 0 heterocycles. The molecule has 102 valence electrons. The normalized spacial score (nSPS) is 13.4. The van der Waals surface area contributed by atoms with Crippen LogP contribution in [0.4, 0.5) is 0 Å². The van der Waals surface area contributed by atoms with Gasteiger partial charge in [0.15, 0.2) is 0 Å². The van der Waals surface area contributed by atoms with Gasteiger partial charge in [-0.15, -0.1) is 0 Å². The fourth-order valence-corrected chi connectivity index (χ4v) is 1.71. The van der Waals surface area contributed by atoms with Crippen molar-refractivity contribution < 1.29 is 9.84 Å². The molecule has 2 N–H and O–H groups in total. The van der Waals surface area contributed by atoms with Gasteiger partial charge in [0.1, 0.15) is 18.5 Å². The molecule has 1 unspecified atom stereocenters. The number of ether oxygens (including phenoxy) is 1. The molecule has 1 rings (SSSR count).